The summed E-state index contributed by atoms with van der Waals surface area (Å²) in [6, 6.07) is 0. The average Bonchev–Trinajstić information content (AvgIpc) is 1.67. The van der Waals surface area contributed by atoms with Crippen LogP contribution in [0.25, 0.3) is 0 Å². The maximum Gasteiger partial charge on any atom is 0.133 e. The van der Waals surface area contributed by atoms with Gasteiger partial charge >= 0.3 is 0 Å². The van der Waals surface area contributed by atoms with E-state index < -0.39 is 0 Å². The molecule has 4 heteroatoms. The molecular weight excluding hydrogens is 202 g/mol. The molecule has 1 nitrogen and oxygen atoms in total. The smallest absolute Gasteiger partial charge is 0.133 e. The summed E-state index contributed by atoms with van der Waals surface area (Å²) in [5.74, 6) is 0. The summed E-state index contributed by atoms with van der Waals surface area (Å²) < 4.78 is 0.673. The van der Waals surface area contributed by atoms with Gasteiger partial charge in [-0.3, -0.25) is 0 Å². The summed E-state index contributed by atoms with van der Waals surface area (Å²) in [5.41, 5.74) is 0. The van der Waals surface area contributed by atoms with Crippen molar-refractivity contribution in [3.63, 3.8) is 0 Å². The van der Waals surface area contributed by atoms with Crippen LogP contribution in [0.4, 0.5) is 0 Å². The van der Waals surface area contributed by atoms with Gasteiger partial charge in [-0.2, -0.15) is 0 Å². The van der Waals surface area contributed by atoms with Crippen molar-refractivity contribution in [1.82, 2.24) is 4.90 Å². The van der Waals surface area contributed by atoms with Gasteiger partial charge in [-0.25, -0.2) is 0 Å². The van der Waals surface area contributed by atoms with E-state index in [-0.39, 0.29) is 17.1 Å². The van der Waals surface area contributed by atoms with Gasteiger partial charge in [0.1, 0.15) is 4.32 Å². The summed E-state index contributed by atoms with van der Waals surface area (Å²) >= 11 is 8.76. The quantitative estimate of drug-likeness (QED) is 0.421. The maximum absolute atomic E-state index is 4.77. The minimum Gasteiger partial charge on any atom is -0.361 e. The summed E-state index contributed by atoms with van der Waals surface area (Å²) in [4.78, 5) is 1.94. The van der Waals surface area contributed by atoms with Crippen molar-refractivity contribution in [2.24, 2.45) is 0 Å². The van der Waals surface area contributed by atoms with E-state index >= 15 is 0 Å². The maximum atomic E-state index is 4.77. The molecule has 0 spiro atoms. The van der Waals surface area contributed by atoms with Crippen molar-refractivity contribution in [2.45, 2.75) is 13.3 Å². The van der Waals surface area contributed by atoms with Crippen LogP contribution in [-0.2, 0) is 17.1 Å². The Labute approximate surface area is 78.1 Å². The molecule has 0 aliphatic carbocycles. The average molecular weight is 213 g/mol. The van der Waals surface area contributed by atoms with Crippen molar-refractivity contribution in [3.05, 3.63) is 0 Å². The van der Waals surface area contributed by atoms with E-state index in [0.29, 0.717) is 4.32 Å². The Kier molecular flexibility index (Phi) is 9.50. The van der Waals surface area contributed by atoms with Crippen molar-refractivity contribution in [1.29, 1.82) is 0 Å². The minimum atomic E-state index is 0. The van der Waals surface area contributed by atoms with Crippen LogP contribution < -0.4 is 0 Å². The Balaban J connectivity index is 0. The summed E-state index contributed by atoms with van der Waals surface area (Å²) in [6.45, 7) is 3.12. The van der Waals surface area contributed by atoms with Crippen molar-refractivity contribution < 1.29 is 17.1 Å². The zero-order valence-electron chi connectivity index (χ0n) is 5.52. The molecule has 0 bridgehead atoms. The molecule has 0 unspecified atom stereocenters. The number of hydrogen-bond donors (Lipinski definition) is 1. The van der Waals surface area contributed by atoms with Gasteiger partial charge in [0.15, 0.2) is 0 Å². The van der Waals surface area contributed by atoms with Crippen LogP contribution in [0.2, 0.25) is 0 Å². The van der Waals surface area contributed by atoms with Gasteiger partial charge in [0.2, 0.25) is 0 Å². The van der Waals surface area contributed by atoms with Crippen LogP contribution >= 0.6 is 24.8 Å². The van der Waals surface area contributed by atoms with Gasteiger partial charge in [0.25, 0.3) is 0 Å². The first-order valence-electron chi connectivity index (χ1n) is 2.62. The second kappa shape index (κ2) is 6.87. The van der Waals surface area contributed by atoms with Crippen LogP contribution in [0.3, 0.4) is 0 Å². The molecule has 0 heterocycles. The van der Waals surface area contributed by atoms with Gasteiger partial charge in [-0.1, -0.05) is 19.1 Å². The number of hydrogen-bond acceptors (Lipinski definition) is 1. The van der Waals surface area contributed by atoms with Gasteiger partial charge < -0.3 is 4.90 Å². The third kappa shape index (κ3) is 6.65. The summed E-state index contributed by atoms with van der Waals surface area (Å²) in [7, 11) is 1.94. The largest absolute Gasteiger partial charge is 0.361 e. The molecule has 0 fully saturated rings. The second-order valence-electron chi connectivity index (χ2n) is 1.70. The van der Waals surface area contributed by atoms with E-state index in [1.54, 1.807) is 0 Å². The second-order valence-corrected chi connectivity index (χ2v) is 2.82. The van der Waals surface area contributed by atoms with E-state index in [1.165, 1.54) is 0 Å². The number of rotatable bonds is 2. The molecule has 0 amide bonds. The molecule has 59 valence electrons. The van der Waals surface area contributed by atoms with Gasteiger partial charge in [0, 0.05) is 30.7 Å². The first-order valence-corrected chi connectivity index (χ1v) is 3.48. The first-order chi connectivity index (χ1) is 3.68. The molecule has 0 rings (SSSR count). The molecule has 0 saturated carbocycles. The zero-order valence-corrected chi connectivity index (χ0v) is 8.17. The minimum absolute atomic E-state index is 0. The number of thiol groups is 1. The molecule has 0 atom stereocenters. The number of nitrogens with zero attached hydrogens (tertiary/aromatic N) is 1. The molecular formula is C5H11CuNS2. The molecule has 0 aromatic rings. The van der Waals surface area contributed by atoms with Crippen LogP contribution in [0.1, 0.15) is 13.3 Å². The van der Waals surface area contributed by atoms with Crippen LogP contribution in [0.5, 0.6) is 0 Å². The van der Waals surface area contributed by atoms with E-state index in [9.17, 15) is 0 Å². The Morgan fingerprint density at radius 1 is 1.67 bits per heavy atom. The van der Waals surface area contributed by atoms with Crippen LogP contribution in [-0.4, -0.2) is 22.8 Å². The van der Waals surface area contributed by atoms with Gasteiger partial charge in [-0.05, 0) is 6.42 Å². The molecule has 0 aromatic heterocycles. The SMILES string of the molecule is CCCN(C)C(=S)S.[Cu]. The fourth-order valence-electron chi connectivity index (χ4n) is 0.431. The van der Waals surface area contributed by atoms with Gasteiger partial charge in [-0.15, -0.1) is 12.6 Å². The summed E-state index contributed by atoms with van der Waals surface area (Å²) in [6.07, 6.45) is 1.12. The van der Waals surface area contributed by atoms with Crippen LogP contribution in [0, 0.1) is 0 Å². The monoisotopic (exact) mass is 212 g/mol. The third-order valence-electron chi connectivity index (χ3n) is 0.886. The van der Waals surface area contributed by atoms with E-state index in [4.69, 9.17) is 12.2 Å². The van der Waals surface area contributed by atoms with E-state index in [2.05, 4.69) is 19.6 Å². The first kappa shape index (κ1) is 12.4. The molecule has 0 aliphatic heterocycles. The fraction of sp³-hybridized carbons (Fsp3) is 0.800. The number of thiocarbonyl (C=S) groups is 1. The van der Waals surface area contributed by atoms with Crippen molar-refractivity contribution in [3.8, 4) is 0 Å². The molecule has 1 radical (unpaired) electrons. The van der Waals surface area contributed by atoms with Crippen LogP contribution in [0.15, 0.2) is 0 Å². The standard InChI is InChI=1S/C5H11NS2.Cu/c1-3-4-6(2)5(7)8;/h3-4H2,1-2H3,(H,7,8);. The predicted octanol–water partition coefficient (Wildman–Crippen LogP) is 1.54. The predicted molar refractivity (Wildman–Crippen MR) is 44.5 cm³/mol. The van der Waals surface area contributed by atoms with E-state index in [0.717, 1.165) is 13.0 Å². The van der Waals surface area contributed by atoms with Crippen molar-refractivity contribution in [2.75, 3.05) is 13.6 Å². The Bertz CT molecular complexity index is 87.0. The Morgan fingerprint density at radius 2 is 2.11 bits per heavy atom. The van der Waals surface area contributed by atoms with Crippen molar-refractivity contribution >= 4 is 29.2 Å². The molecule has 9 heavy (non-hydrogen) atoms. The molecule has 0 N–H and O–H groups in total. The normalized spacial score (nSPS) is 7.89. The van der Waals surface area contributed by atoms with Gasteiger partial charge in [0.05, 0.1) is 0 Å². The Hall–Kier alpha value is 0.759. The molecule has 0 aliphatic rings. The molecule has 0 saturated heterocycles. The summed E-state index contributed by atoms with van der Waals surface area (Å²) in [5, 5.41) is 0. The molecule has 0 aromatic carbocycles. The van der Waals surface area contributed by atoms with E-state index in [1.807, 2.05) is 11.9 Å². The third-order valence-corrected chi connectivity index (χ3v) is 1.54. The zero-order chi connectivity index (χ0) is 6.57. The fourth-order valence-corrected chi connectivity index (χ4v) is 0.622. The topological polar surface area (TPSA) is 3.24 Å². The Morgan fingerprint density at radius 3 is 2.22 bits per heavy atom.